The van der Waals surface area contributed by atoms with E-state index >= 15 is 0 Å². The third-order valence-corrected chi connectivity index (χ3v) is 6.29. The summed E-state index contributed by atoms with van der Waals surface area (Å²) in [5.41, 5.74) is 2.83. The second-order valence-corrected chi connectivity index (χ2v) is 8.93. The van der Waals surface area contributed by atoms with Crippen LogP contribution in [0.2, 0.25) is 10.0 Å². The fourth-order valence-electron chi connectivity index (χ4n) is 3.79. The molecule has 0 unspecified atom stereocenters. The van der Waals surface area contributed by atoms with Gasteiger partial charge < -0.3 is 10.2 Å². The average molecular weight is 447 g/mol. The SMILES string of the molecule is Cc1ccc(CN(C(=O)Cc2ccc(Cl)cc2Cl)[C@@H](C)C(=O)NC2CCCC2)cc1. The number of amides is 2. The van der Waals surface area contributed by atoms with Gasteiger partial charge in [0.2, 0.25) is 11.8 Å². The second kappa shape index (κ2) is 10.3. The smallest absolute Gasteiger partial charge is 0.242 e. The highest BCUT2D eigenvalue weighted by Gasteiger charge is 2.28. The minimum absolute atomic E-state index is 0.107. The molecule has 0 aromatic heterocycles. The lowest BCUT2D eigenvalue weighted by atomic mass is 10.1. The zero-order valence-electron chi connectivity index (χ0n) is 17.5. The number of carbonyl (C=O) groups is 2. The summed E-state index contributed by atoms with van der Waals surface area (Å²) in [5, 5.41) is 4.09. The summed E-state index contributed by atoms with van der Waals surface area (Å²) in [7, 11) is 0. The molecule has 1 aliphatic carbocycles. The molecule has 1 N–H and O–H groups in total. The zero-order valence-corrected chi connectivity index (χ0v) is 19.0. The van der Waals surface area contributed by atoms with Crippen LogP contribution in [-0.2, 0) is 22.6 Å². The van der Waals surface area contributed by atoms with Gasteiger partial charge in [0.05, 0.1) is 6.42 Å². The molecule has 6 heteroatoms. The standard InChI is InChI=1S/C24H28Cl2N2O2/c1-16-7-9-18(10-8-16)15-28(17(2)24(30)27-21-5-3-4-6-21)23(29)13-19-11-12-20(25)14-22(19)26/h7-12,14,17,21H,3-6,13,15H2,1-2H3,(H,27,30)/t17-/m0/s1. The van der Waals surface area contributed by atoms with E-state index in [-0.39, 0.29) is 24.3 Å². The molecule has 2 aromatic rings. The Morgan fingerprint density at radius 3 is 2.40 bits per heavy atom. The predicted octanol–water partition coefficient (Wildman–Crippen LogP) is 5.32. The van der Waals surface area contributed by atoms with Crippen LogP contribution < -0.4 is 5.32 Å². The number of hydrogen-bond acceptors (Lipinski definition) is 2. The maximum Gasteiger partial charge on any atom is 0.242 e. The number of benzene rings is 2. The lowest BCUT2D eigenvalue weighted by Crippen LogP contribution is -2.50. The van der Waals surface area contributed by atoms with E-state index in [1.54, 1.807) is 30.0 Å². The van der Waals surface area contributed by atoms with Crippen LogP contribution in [0.1, 0.15) is 49.3 Å². The van der Waals surface area contributed by atoms with E-state index < -0.39 is 6.04 Å². The molecule has 0 bridgehead atoms. The molecule has 2 amide bonds. The van der Waals surface area contributed by atoms with E-state index in [1.165, 1.54) is 0 Å². The minimum atomic E-state index is -0.578. The van der Waals surface area contributed by atoms with Gasteiger partial charge in [0.25, 0.3) is 0 Å². The van der Waals surface area contributed by atoms with Crippen molar-refractivity contribution in [2.24, 2.45) is 0 Å². The first-order valence-electron chi connectivity index (χ1n) is 10.4. The lowest BCUT2D eigenvalue weighted by Gasteiger charge is -2.30. The van der Waals surface area contributed by atoms with Crippen molar-refractivity contribution in [3.63, 3.8) is 0 Å². The van der Waals surface area contributed by atoms with Crippen molar-refractivity contribution in [3.05, 3.63) is 69.2 Å². The Labute approximate surface area is 188 Å². The normalized spacial score (nSPS) is 15.1. The number of hydrogen-bond donors (Lipinski definition) is 1. The van der Waals surface area contributed by atoms with E-state index in [4.69, 9.17) is 23.2 Å². The van der Waals surface area contributed by atoms with Crippen LogP contribution in [0.25, 0.3) is 0 Å². The summed E-state index contributed by atoms with van der Waals surface area (Å²) in [6.07, 6.45) is 4.40. The summed E-state index contributed by atoms with van der Waals surface area (Å²) in [5.74, 6) is -0.251. The van der Waals surface area contributed by atoms with E-state index in [0.29, 0.717) is 22.2 Å². The Morgan fingerprint density at radius 1 is 1.10 bits per heavy atom. The molecule has 1 atom stereocenters. The van der Waals surface area contributed by atoms with Crippen molar-refractivity contribution in [2.45, 2.75) is 64.6 Å². The summed E-state index contributed by atoms with van der Waals surface area (Å²) in [6.45, 7) is 4.18. The van der Waals surface area contributed by atoms with Crippen molar-refractivity contribution in [3.8, 4) is 0 Å². The molecule has 1 aliphatic rings. The molecular formula is C24H28Cl2N2O2. The van der Waals surface area contributed by atoms with Gasteiger partial charge in [0.15, 0.2) is 0 Å². The third kappa shape index (κ3) is 5.99. The van der Waals surface area contributed by atoms with Crippen LogP contribution in [-0.4, -0.2) is 28.8 Å². The highest BCUT2D eigenvalue weighted by Crippen LogP contribution is 2.23. The van der Waals surface area contributed by atoms with E-state index in [1.807, 2.05) is 31.2 Å². The molecule has 30 heavy (non-hydrogen) atoms. The predicted molar refractivity (Wildman–Crippen MR) is 122 cm³/mol. The average Bonchev–Trinajstić information content (AvgIpc) is 3.22. The van der Waals surface area contributed by atoms with Crippen LogP contribution in [0.3, 0.4) is 0 Å². The number of nitrogens with one attached hydrogen (secondary N) is 1. The van der Waals surface area contributed by atoms with Crippen LogP contribution in [0.5, 0.6) is 0 Å². The van der Waals surface area contributed by atoms with Crippen molar-refractivity contribution in [1.82, 2.24) is 10.2 Å². The highest BCUT2D eigenvalue weighted by atomic mass is 35.5. The monoisotopic (exact) mass is 446 g/mol. The molecule has 0 aliphatic heterocycles. The van der Waals surface area contributed by atoms with Crippen LogP contribution in [0.4, 0.5) is 0 Å². The highest BCUT2D eigenvalue weighted by molar-refractivity contribution is 6.35. The molecular weight excluding hydrogens is 419 g/mol. The van der Waals surface area contributed by atoms with Gasteiger partial charge in [-0.25, -0.2) is 0 Å². The molecule has 2 aromatic carbocycles. The molecule has 0 heterocycles. The Balaban J connectivity index is 1.78. The van der Waals surface area contributed by atoms with Crippen LogP contribution in [0.15, 0.2) is 42.5 Å². The maximum atomic E-state index is 13.3. The van der Waals surface area contributed by atoms with Crippen molar-refractivity contribution in [2.75, 3.05) is 0 Å². The summed E-state index contributed by atoms with van der Waals surface area (Å²) < 4.78 is 0. The van der Waals surface area contributed by atoms with Crippen LogP contribution in [0, 0.1) is 6.92 Å². The number of rotatable bonds is 7. The van der Waals surface area contributed by atoms with Gasteiger partial charge in [0.1, 0.15) is 6.04 Å². The molecule has 3 rings (SSSR count). The first kappa shape index (κ1) is 22.6. The molecule has 0 spiro atoms. The minimum Gasteiger partial charge on any atom is -0.352 e. The first-order chi connectivity index (χ1) is 14.3. The van der Waals surface area contributed by atoms with Crippen molar-refractivity contribution >= 4 is 35.0 Å². The number of carbonyl (C=O) groups excluding carboxylic acids is 2. The van der Waals surface area contributed by atoms with Gasteiger partial charge in [0, 0.05) is 22.6 Å². The van der Waals surface area contributed by atoms with Gasteiger partial charge in [-0.15, -0.1) is 0 Å². The zero-order chi connectivity index (χ0) is 21.7. The molecule has 0 saturated heterocycles. The number of halogens is 2. The number of nitrogens with zero attached hydrogens (tertiary/aromatic N) is 1. The maximum absolute atomic E-state index is 13.3. The lowest BCUT2D eigenvalue weighted by molar-refractivity contribution is -0.140. The van der Waals surface area contributed by atoms with Crippen molar-refractivity contribution in [1.29, 1.82) is 0 Å². The Kier molecular flexibility index (Phi) is 7.79. The van der Waals surface area contributed by atoms with Crippen LogP contribution >= 0.6 is 23.2 Å². The summed E-state index contributed by atoms with van der Waals surface area (Å²) >= 11 is 12.3. The van der Waals surface area contributed by atoms with Gasteiger partial charge in [-0.1, -0.05) is 71.9 Å². The largest absolute Gasteiger partial charge is 0.352 e. The quantitative estimate of drug-likeness (QED) is 0.625. The second-order valence-electron chi connectivity index (χ2n) is 8.09. The molecule has 160 valence electrons. The van der Waals surface area contributed by atoms with Crippen molar-refractivity contribution < 1.29 is 9.59 Å². The molecule has 4 nitrogen and oxygen atoms in total. The van der Waals surface area contributed by atoms with E-state index in [2.05, 4.69) is 5.32 Å². The summed E-state index contributed by atoms with van der Waals surface area (Å²) in [4.78, 5) is 27.8. The molecule has 1 fully saturated rings. The third-order valence-electron chi connectivity index (χ3n) is 5.70. The fourth-order valence-corrected chi connectivity index (χ4v) is 4.27. The first-order valence-corrected chi connectivity index (χ1v) is 11.2. The topological polar surface area (TPSA) is 49.4 Å². The number of aryl methyl sites for hydroxylation is 1. The fraction of sp³-hybridized carbons (Fsp3) is 0.417. The Hall–Kier alpha value is -2.04. The van der Waals surface area contributed by atoms with E-state index in [0.717, 1.165) is 36.8 Å². The summed E-state index contributed by atoms with van der Waals surface area (Å²) in [6, 6.07) is 12.7. The van der Waals surface area contributed by atoms with Gasteiger partial charge in [-0.05, 0) is 49.9 Å². The van der Waals surface area contributed by atoms with Gasteiger partial charge in [-0.2, -0.15) is 0 Å². The molecule has 1 saturated carbocycles. The van der Waals surface area contributed by atoms with Gasteiger partial charge in [-0.3, -0.25) is 9.59 Å². The molecule has 0 radical (unpaired) electrons. The Bertz CT molecular complexity index is 893. The van der Waals surface area contributed by atoms with E-state index in [9.17, 15) is 9.59 Å². The Morgan fingerprint density at radius 2 is 1.77 bits per heavy atom. The van der Waals surface area contributed by atoms with Gasteiger partial charge >= 0.3 is 0 Å².